The van der Waals surface area contributed by atoms with Crippen LogP contribution in [0.15, 0.2) is 24.4 Å². The molecule has 2 rings (SSSR count). The maximum Gasteiger partial charge on any atom is 0.313 e. The second kappa shape index (κ2) is 5.54. The van der Waals surface area contributed by atoms with E-state index in [0.717, 1.165) is 4.68 Å². The van der Waals surface area contributed by atoms with Crippen LogP contribution in [-0.4, -0.2) is 44.6 Å². The van der Waals surface area contributed by atoms with Gasteiger partial charge < -0.3 is 10.3 Å². The van der Waals surface area contributed by atoms with Crippen molar-refractivity contribution in [1.29, 1.82) is 0 Å². The van der Waals surface area contributed by atoms with Crippen LogP contribution in [0.3, 0.4) is 0 Å². The van der Waals surface area contributed by atoms with Crippen molar-refractivity contribution >= 4 is 17.4 Å². The molecule has 10 heteroatoms. The number of nitrogen functional groups attached to an aromatic ring is 1. The summed E-state index contributed by atoms with van der Waals surface area (Å²) >= 11 is 0. The molecule has 10 nitrogen and oxygen atoms in total. The first-order valence-corrected chi connectivity index (χ1v) is 5.83. The number of nitro groups is 1. The van der Waals surface area contributed by atoms with Crippen LogP contribution >= 0.6 is 0 Å². The lowest BCUT2D eigenvalue weighted by molar-refractivity contribution is -0.384. The number of hydrogen-bond donors (Lipinski definition) is 2. The second-order valence-electron chi connectivity index (χ2n) is 4.29. The topological polar surface area (TPSA) is 132 Å². The standard InChI is InChI=1S/C11H13N7O3/c1-16(2)11(19)7-5-6-17(15-7)10-8(18(20)21)3-4-9(13-10)14-12/h3-6H,12H2,1-2H3,(H,13,14). The number of carbonyl (C=O) groups excluding carboxylic acids is 1. The van der Waals surface area contributed by atoms with Gasteiger partial charge in [-0.25, -0.2) is 15.5 Å². The highest BCUT2D eigenvalue weighted by atomic mass is 16.6. The van der Waals surface area contributed by atoms with Crippen molar-refractivity contribution in [1.82, 2.24) is 19.7 Å². The lowest BCUT2D eigenvalue weighted by Gasteiger charge is -2.07. The van der Waals surface area contributed by atoms with Gasteiger partial charge in [-0.05, 0) is 12.1 Å². The van der Waals surface area contributed by atoms with E-state index in [-0.39, 0.29) is 28.9 Å². The molecule has 0 atom stereocenters. The monoisotopic (exact) mass is 291 g/mol. The third kappa shape index (κ3) is 2.79. The number of amides is 1. The lowest BCUT2D eigenvalue weighted by Crippen LogP contribution is -2.22. The van der Waals surface area contributed by atoms with Gasteiger partial charge in [-0.2, -0.15) is 5.10 Å². The predicted octanol–water partition coefficient (Wildman–Crippen LogP) is 0.163. The minimum Gasteiger partial charge on any atom is -0.343 e. The summed E-state index contributed by atoms with van der Waals surface area (Å²) < 4.78 is 1.16. The molecule has 3 N–H and O–H groups in total. The average molecular weight is 291 g/mol. The van der Waals surface area contributed by atoms with Crippen LogP contribution in [0.4, 0.5) is 11.5 Å². The number of hydrogen-bond acceptors (Lipinski definition) is 7. The molecule has 0 radical (unpaired) electrons. The summed E-state index contributed by atoms with van der Waals surface area (Å²) in [5, 5.41) is 15.1. The summed E-state index contributed by atoms with van der Waals surface area (Å²) in [6.45, 7) is 0. The summed E-state index contributed by atoms with van der Waals surface area (Å²) in [7, 11) is 3.17. The molecule has 0 aliphatic carbocycles. The van der Waals surface area contributed by atoms with E-state index >= 15 is 0 Å². The number of pyridine rings is 1. The lowest BCUT2D eigenvalue weighted by atomic mass is 10.4. The zero-order valence-corrected chi connectivity index (χ0v) is 11.3. The molecule has 0 aromatic carbocycles. The van der Waals surface area contributed by atoms with Crippen LogP contribution in [0.5, 0.6) is 0 Å². The van der Waals surface area contributed by atoms with Gasteiger partial charge in [0.25, 0.3) is 5.91 Å². The van der Waals surface area contributed by atoms with Gasteiger partial charge in [-0.3, -0.25) is 14.9 Å². The fourth-order valence-corrected chi connectivity index (χ4v) is 1.62. The Morgan fingerprint density at radius 1 is 1.43 bits per heavy atom. The molecule has 21 heavy (non-hydrogen) atoms. The minimum atomic E-state index is -0.586. The number of carbonyl (C=O) groups is 1. The molecule has 0 saturated carbocycles. The summed E-state index contributed by atoms with van der Waals surface area (Å²) in [5.74, 6) is 5.14. The number of rotatable bonds is 4. The van der Waals surface area contributed by atoms with Gasteiger partial charge in [0.15, 0.2) is 5.69 Å². The highest BCUT2D eigenvalue weighted by Crippen LogP contribution is 2.22. The molecule has 0 aliphatic rings. The molecule has 2 aromatic heterocycles. The van der Waals surface area contributed by atoms with Crippen molar-refractivity contribution < 1.29 is 9.72 Å². The molecule has 0 spiro atoms. The number of nitrogens with two attached hydrogens (primary N) is 1. The first-order valence-electron chi connectivity index (χ1n) is 5.83. The first kappa shape index (κ1) is 14.4. The highest BCUT2D eigenvalue weighted by molar-refractivity contribution is 5.91. The van der Waals surface area contributed by atoms with Crippen LogP contribution in [0.25, 0.3) is 5.82 Å². The van der Waals surface area contributed by atoms with E-state index in [9.17, 15) is 14.9 Å². The van der Waals surface area contributed by atoms with E-state index in [2.05, 4.69) is 15.5 Å². The number of nitrogens with zero attached hydrogens (tertiary/aromatic N) is 5. The van der Waals surface area contributed by atoms with Crippen molar-refractivity contribution in [2.24, 2.45) is 5.84 Å². The molecule has 0 saturated heterocycles. The Bertz CT molecular complexity index is 695. The Morgan fingerprint density at radius 3 is 2.71 bits per heavy atom. The van der Waals surface area contributed by atoms with E-state index in [1.165, 1.54) is 29.3 Å². The van der Waals surface area contributed by atoms with Crippen LogP contribution in [0.2, 0.25) is 0 Å². The molecule has 0 aliphatic heterocycles. The molecule has 2 heterocycles. The Labute approximate surface area is 119 Å². The Hall–Kier alpha value is -3.01. The van der Waals surface area contributed by atoms with Gasteiger partial charge >= 0.3 is 5.69 Å². The van der Waals surface area contributed by atoms with E-state index in [1.54, 1.807) is 14.1 Å². The fourth-order valence-electron chi connectivity index (χ4n) is 1.62. The number of anilines is 1. The van der Waals surface area contributed by atoms with Gasteiger partial charge in [0.1, 0.15) is 5.82 Å². The predicted molar refractivity (Wildman–Crippen MR) is 73.8 cm³/mol. The maximum atomic E-state index is 11.8. The van der Waals surface area contributed by atoms with Crippen molar-refractivity contribution in [3.8, 4) is 5.82 Å². The fraction of sp³-hybridized carbons (Fsp3) is 0.182. The Balaban J connectivity index is 2.50. The first-order chi connectivity index (χ1) is 9.93. The van der Waals surface area contributed by atoms with Gasteiger partial charge in [0.05, 0.1) is 4.92 Å². The summed E-state index contributed by atoms with van der Waals surface area (Å²) in [5.41, 5.74) is 2.21. The third-order valence-electron chi connectivity index (χ3n) is 2.63. The van der Waals surface area contributed by atoms with E-state index < -0.39 is 4.92 Å². The molecule has 0 fully saturated rings. The van der Waals surface area contributed by atoms with Gasteiger partial charge in [0.2, 0.25) is 5.82 Å². The Kier molecular flexibility index (Phi) is 3.80. The van der Waals surface area contributed by atoms with Crippen molar-refractivity contribution in [2.45, 2.75) is 0 Å². The van der Waals surface area contributed by atoms with Crippen molar-refractivity contribution in [3.63, 3.8) is 0 Å². The number of hydrazine groups is 1. The average Bonchev–Trinajstić information content (AvgIpc) is 2.95. The summed E-state index contributed by atoms with van der Waals surface area (Å²) in [6, 6.07) is 4.08. The van der Waals surface area contributed by atoms with E-state index in [4.69, 9.17) is 5.84 Å². The summed E-state index contributed by atoms with van der Waals surface area (Å²) in [6.07, 6.45) is 1.42. The van der Waals surface area contributed by atoms with Gasteiger partial charge in [-0.15, -0.1) is 0 Å². The molecule has 0 unspecified atom stereocenters. The maximum absolute atomic E-state index is 11.8. The van der Waals surface area contributed by atoms with Gasteiger partial charge in [-0.1, -0.05) is 0 Å². The van der Waals surface area contributed by atoms with Crippen molar-refractivity contribution in [3.05, 3.63) is 40.2 Å². The normalized spacial score (nSPS) is 10.2. The highest BCUT2D eigenvalue weighted by Gasteiger charge is 2.20. The van der Waals surface area contributed by atoms with Gasteiger partial charge in [0, 0.05) is 26.4 Å². The SMILES string of the molecule is CN(C)C(=O)c1ccn(-c2nc(NN)ccc2[N+](=O)[O-])n1. The van der Waals surface area contributed by atoms with Crippen LogP contribution in [0.1, 0.15) is 10.5 Å². The van der Waals surface area contributed by atoms with E-state index in [0.29, 0.717) is 0 Å². The zero-order valence-electron chi connectivity index (χ0n) is 11.3. The van der Waals surface area contributed by atoms with E-state index in [1.807, 2.05) is 0 Å². The molecule has 110 valence electrons. The zero-order chi connectivity index (χ0) is 15.6. The van der Waals surface area contributed by atoms with Crippen LogP contribution < -0.4 is 11.3 Å². The molecule has 1 amide bonds. The Morgan fingerprint density at radius 2 is 2.14 bits per heavy atom. The second-order valence-corrected chi connectivity index (χ2v) is 4.29. The minimum absolute atomic E-state index is 0.0340. The molecule has 2 aromatic rings. The van der Waals surface area contributed by atoms with Crippen molar-refractivity contribution in [2.75, 3.05) is 19.5 Å². The van der Waals surface area contributed by atoms with Crippen LogP contribution in [0, 0.1) is 10.1 Å². The molecular weight excluding hydrogens is 278 g/mol. The van der Waals surface area contributed by atoms with Crippen LogP contribution in [-0.2, 0) is 0 Å². The smallest absolute Gasteiger partial charge is 0.313 e. The molecular formula is C11H13N7O3. The number of aromatic nitrogens is 3. The molecule has 0 bridgehead atoms. The quantitative estimate of drug-likeness (QED) is 0.466. The largest absolute Gasteiger partial charge is 0.343 e. The number of nitrogens with one attached hydrogen (secondary N) is 1. The summed E-state index contributed by atoms with van der Waals surface area (Å²) in [4.78, 5) is 27.6. The third-order valence-corrected chi connectivity index (χ3v) is 2.63.